The van der Waals surface area contributed by atoms with E-state index in [0.29, 0.717) is 10.6 Å². The molecule has 0 bridgehead atoms. The summed E-state index contributed by atoms with van der Waals surface area (Å²) in [4.78, 5) is 0. The predicted molar refractivity (Wildman–Crippen MR) is 79.5 cm³/mol. The largest absolute Gasteiger partial charge is 0.508 e. The van der Waals surface area contributed by atoms with Crippen LogP contribution < -0.4 is 5.32 Å². The van der Waals surface area contributed by atoms with Crippen LogP contribution in [0.3, 0.4) is 0 Å². The first-order valence-corrected chi connectivity index (χ1v) is 6.85. The fourth-order valence-corrected chi connectivity index (χ4v) is 2.56. The molecule has 4 heteroatoms. The van der Waals surface area contributed by atoms with Gasteiger partial charge in [-0.05, 0) is 31.5 Å². The van der Waals surface area contributed by atoms with Crippen molar-refractivity contribution in [1.82, 2.24) is 5.32 Å². The summed E-state index contributed by atoms with van der Waals surface area (Å²) in [6.07, 6.45) is 0. The Bertz CT molecular complexity index is 603. The molecule has 0 amide bonds. The highest BCUT2D eigenvalue weighted by Gasteiger charge is 2.16. The Kier molecular flexibility index (Phi) is 4.63. The van der Waals surface area contributed by atoms with E-state index in [1.807, 2.05) is 38.1 Å². The lowest BCUT2D eigenvalue weighted by molar-refractivity contribution is 0.434. The maximum Gasteiger partial charge on any atom is 0.126 e. The number of phenolic OH excluding ortho intramolecular Hbond substituents is 1. The zero-order valence-electron chi connectivity index (χ0n) is 11.4. The normalized spacial score (nSPS) is 14.0. The monoisotopic (exact) mass is 293 g/mol. The Morgan fingerprint density at radius 1 is 1.05 bits per heavy atom. The third kappa shape index (κ3) is 3.30. The van der Waals surface area contributed by atoms with Crippen molar-refractivity contribution in [3.8, 4) is 5.75 Å². The minimum absolute atomic E-state index is 0.0168. The summed E-state index contributed by atoms with van der Waals surface area (Å²) >= 11 is 6.16. The number of halogens is 2. The molecule has 0 saturated carbocycles. The standard InChI is InChI=1S/C16H17ClFNO/c1-10(13-5-3-4-6-15(13)17)19-11(2)14-8-7-12(18)9-16(14)20/h3-11,19-20H,1-2H3/t10-,11?/m0/s1. The van der Waals surface area contributed by atoms with Gasteiger partial charge in [-0.1, -0.05) is 35.9 Å². The maximum absolute atomic E-state index is 13.0. The van der Waals surface area contributed by atoms with Crippen LogP contribution in [-0.4, -0.2) is 5.11 Å². The Morgan fingerprint density at radius 3 is 2.35 bits per heavy atom. The predicted octanol–water partition coefficient (Wildman–Crippen LogP) is 4.60. The zero-order valence-corrected chi connectivity index (χ0v) is 12.2. The molecule has 106 valence electrons. The molecule has 20 heavy (non-hydrogen) atoms. The minimum atomic E-state index is -0.447. The van der Waals surface area contributed by atoms with Gasteiger partial charge in [0.15, 0.2) is 0 Å². The third-order valence-electron chi connectivity index (χ3n) is 3.33. The highest BCUT2D eigenvalue weighted by atomic mass is 35.5. The van der Waals surface area contributed by atoms with Crippen molar-refractivity contribution >= 4 is 11.6 Å². The van der Waals surface area contributed by atoms with Gasteiger partial charge < -0.3 is 10.4 Å². The van der Waals surface area contributed by atoms with Crippen LogP contribution in [0, 0.1) is 5.82 Å². The van der Waals surface area contributed by atoms with Crippen LogP contribution in [0.15, 0.2) is 42.5 Å². The van der Waals surface area contributed by atoms with E-state index in [-0.39, 0.29) is 17.8 Å². The Morgan fingerprint density at radius 2 is 1.70 bits per heavy atom. The number of hydrogen-bond donors (Lipinski definition) is 2. The zero-order chi connectivity index (χ0) is 14.7. The van der Waals surface area contributed by atoms with Crippen LogP contribution in [-0.2, 0) is 0 Å². The summed E-state index contributed by atoms with van der Waals surface area (Å²) in [7, 11) is 0. The maximum atomic E-state index is 13.0. The molecular weight excluding hydrogens is 277 g/mol. The summed E-state index contributed by atoms with van der Waals surface area (Å²) < 4.78 is 13.0. The average molecular weight is 294 g/mol. The molecule has 0 aliphatic carbocycles. The molecule has 0 aliphatic heterocycles. The molecule has 0 heterocycles. The molecule has 0 radical (unpaired) electrons. The second-order valence-corrected chi connectivity index (χ2v) is 5.24. The lowest BCUT2D eigenvalue weighted by Gasteiger charge is -2.22. The van der Waals surface area contributed by atoms with Gasteiger partial charge in [0.05, 0.1) is 0 Å². The highest BCUT2D eigenvalue weighted by Crippen LogP contribution is 2.29. The molecule has 0 spiro atoms. The van der Waals surface area contributed by atoms with E-state index in [9.17, 15) is 9.50 Å². The second-order valence-electron chi connectivity index (χ2n) is 4.83. The van der Waals surface area contributed by atoms with E-state index in [1.165, 1.54) is 6.07 Å². The van der Waals surface area contributed by atoms with Gasteiger partial charge in [0.1, 0.15) is 11.6 Å². The Labute approximate surface area is 123 Å². The van der Waals surface area contributed by atoms with Crippen LogP contribution in [0.4, 0.5) is 4.39 Å². The SMILES string of the molecule is CC(N[C@@H](C)c1ccccc1Cl)c1ccc(F)cc1O. The van der Waals surface area contributed by atoms with Crippen molar-refractivity contribution in [2.24, 2.45) is 0 Å². The fraction of sp³-hybridized carbons (Fsp3) is 0.250. The third-order valence-corrected chi connectivity index (χ3v) is 3.67. The second kappa shape index (κ2) is 6.25. The molecule has 2 aromatic rings. The number of phenols is 1. The molecule has 0 saturated heterocycles. The molecule has 1 unspecified atom stereocenters. The van der Waals surface area contributed by atoms with Gasteiger partial charge >= 0.3 is 0 Å². The van der Waals surface area contributed by atoms with Crippen LogP contribution >= 0.6 is 11.6 Å². The van der Waals surface area contributed by atoms with Crippen LogP contribution in [0.25, 0.3) is 0 Å². The summed E-state index contributed by atoms with van der Waals surface area (Å²) in [5.74, 6) is -0.492. The lowest BCUT2D eigenvalue weighted by Crippen LogP contribution is -2.22. The summed E-state index contributed by atoms with van der Waals surface area (Å²) in [6.45, 7) is 3.92. The molecule has 2 rings (SSSR count). The van der Waals surface area contributed by atoms with Crippen molar-refractivity contribution < 1.29 is 9.50 Å². The van der Waals surface area contributed by atoms with E-state index in [2.05, 4.69) is 5.32 Å². The van der Waals surface area contributed by atoms with Gasteiger partial charge in [0, 0.05) is 28.7 Å². The van der Waals surface area contributed by atoms with Gasteiger partial charge in [-0.3, -0.25) is 0 Å². The minimum Gasteiger partial charge on any atom is -0.508 e. The van der Waals surface area contributed by atoms with Crippen molar-refractivity contribution in [1.29, 1.82) is 0 Å². The fourth-order valence-electron chi connectivity index (χ4n) is 2.26. The number of nitrogens with one attached hydrogen (secondary N) is 1. The number of aromatic hydroxyl groups is 1. The molecule has 0 fully saturated rings. The lowest BCUT2D eigenvalue weighted by atomic mass is 10.0. The van der Waals surface area contributed by atoms with E-state index in [0.717, 1.165) is 11.6 Å². The molecule has 2 N–H and O–H groups in total. The van der Waals surface area contributed by atoms with Crippen LogP contribution in [0.1, 0.15) is 37.1 Å². The Balaban J connectivity index is 2.15. The number of rotatable bonds is 4. The Hall–Kier alpha value is -1.58. The molecule has 2 nitrogen and oxygen atoms in total. The molecule has 2 atom stereocenters. The number of hydrogen-bond acceptors (Lipinski definition) is 2. The first-order chi connectivity index (χ1) is 9.49. The molecule has 0 aromatic heterocycles. The van der Waals surface area contributed by atoms with Crippen molar-refractivity contribution in [2.45, 2.75) is 25.9 Å². The topological polar surface area (TPSA) is 32.3 Å². The highest BCUT2D eigenvalue weighted by molar-refractivity contribution is 6.31. The van der Waals surface area contributed by atoms with Crippen molar-refractivity contribution in [2.75, 3.05) is 0 Å². The summed E-state index contributed by atoms with van der Waals surface area (Å²) in [5.41, 5.74) is 1.65. The summed E-state index contributed by atoms with van der Waals surface area (Å²) in [6, 6.07) is 11.5. The van der Waals surface area contributed by atoms with Gasteiger partial charge in [-0.15, -0.1) is 0 Å². The van der Waals surface area contributed by atoms with E-state index in [1.54, 1.807) is 6.07 Å². The van der Waals surface area contributed by atoms with Gasteiger partial charge in [-0.25, -0.2) is 4.39 Å². The van der Waals surface area contributed by atoms with Gasteiger partial charge in [0.2, 0.25) is 0 Å². The van der Waals surface area contributed by atoms with E-state index < -0.39 is 5.82 Å². The number of benzene rings is 2. The van der Waals surface area contributed by atoms with Crippen LogP contribution in [0.2, 0.25) is 5.02 Å². The molecule has 2 aromatic carbocycles. The van der Waals surface area contributed by atoms with E-state index in [4.69, 9.17) is 11.6 Å². The quantitative estimate of drug-likeness (QED) is 0.863. The molecule has 0 aliphatic rings. The van der Waals surface area contributed by atoms with Crippen LogP contribution in [0.5, 0.6) is 5.75 Å². The van der Waals surface area contributed by atoms with Crippen molar-refractivity contribution in [3.05, 3.63) is 64.4 Å². The van der Waals surface area contributed by atoms with E-state index >= 15 is 0 Å². The first kappa shape index (κ1) is 14.8. The average Bonchev–Trinajstić information content (AvgIpc) is 2.38. The summed E-state index contributed by atoms with van der Waals surface area (Å²) in [5, 5.41) is 13.8. The van der Waals surface area contributed by atoms with Gasteiger partial charge in [0.25, 0.3) is 0 Å². The van der Waals surface area contributed by atoms with Gasteiger partial charge in [-0.2, -0.15) is 0 Å². The van der Waals surface area contributed by atoms with Crippen molar-refractivity contribution in [3.63, 3.8) is 0 Å². The molecular formula is C16H17ClFNO. The smallest absolute Gasteiger partial charge is 0.126 e. The first-order valence-electron chi connectivity index (χ1n) is 6.48.